The summed E-state index contributed by atoms with van der Waals surface area (Å²) in [6, 6.07) is 22.9. The van der Waals surface area contributed by atoms with E-state index < -0.39 is 0 Å². The average Bonchev–Trinajstić information content (AvgIpc) is 2.77. The highest BCUT2D eigenvalue weighted by atomic mass is 35.5. The molecule has 3 aromatic carbocycles. The van der Waals surface area contributed by atoms with Crippen LogP contribution in [0.2, 0.25) is 5.02 Å². The predicted octanol–water partition coefficient (Wildman–Crippen LogP) is 5.97. The van der Waals surface area contributed by atoms with Crippen molar-refractivity contribution in [2.24, 2.45) is 0 Å². The molecule has 0 amide bonds. The summed E-state index contributed by atoms with van der Waals surface area (Å²) in [7, 11) is 0. The highest BCUT2D eigenvalue weighted by Crippen LogP contribution is 2.32. The third-order valence-electron chi connectivity index (χ3n) is 5.06. The zero-order valence-electron chi connectivity index (χ0n) is 16.6. The van der Waals surface area contributed by atoms with Crippen molar-refractivity contribution in [2.75, 3.05) is 11.9 Å². The number of ether oxygens (including phenoxy) is 1. The van der Waals surface area contributed by atoms with Crippen molar-refractivity contribution in [3.63, 3.8) is 0 Å². The van der Waals surface area contributed by atoms with E-state index >= 15 is 0 Å². The number of H-pyrrole nitrogens is 1. The highest BCUT2D eigenvalue weighted by molar-refractivity contribution is 6.30. The summed E-state index contributed by atoms with van der Waals surface area (Å²) in [5, 5.41) is 12.2. The molecule has 6 heteroatoms. The first-order valence-electron chi connectivity index (χ1n) is 9.85. The number of para-hydroxylation sites is 1. The van der Waals surface area contributed by atoms with Crippen LogP contribution in [0.5, 0.6) is 11.5 Å². The molecule has 2 N–H and O–H groups in total. The van der Waals surface area contributed by atoms with E-state index in [1.165, 1.54) is 0 Å². The van der Waals surface area contributed by atoms with Crippen molar-refractivity contribution in [1.82, 2.24) is 10.2 Å². The number of hydrogen-bond donors (Lipinski definition) is 2. The summed E-state index contributed by atoms with van der Waals surface area (Å²) >= 11 is 5.96. The van der Waals surface area contributed by atoms with Crippen LogP contribution in [0, 0.1) is 0 Å². The van der Waals surface area contributed by atoms with Gasteiger partial charge in [0.05, 0.1) is 5.39 Å². The Balaban J connectivity index is 1.45. The van der Waals surface area contributed by atoms with Crippen LogP contribution in [0.15, 0.2) is 77.6 Å². The average molecular weight is 420 g/mol. The minimum Gasteiger partial charge on any atom is -0.457 e. The molecule has 0 aliphatic carbocycles. The molecule has 4 aromatic rings. The summed E-state index contributed by atoms with van der Waals surface area (Å²) < 4.78 is 6.09. The molecule has 0 saturated carbocycles. The van der Waals surface area contributed by atoms with Gasteiger partial charge in [0.1, 0.15) is 11.5 Å². The van der Waals surface area contributed by atoms with Crippen LogP contribution in [-0.2, 0) is 0 Å². The summed E-state index contributed by atoms with van der Waals surface area (Å²) in [4.78, 5) is 11.9. The van der Waals surface area contributed by atoms with E-state index in [2.05, 4.69) is 28.5 Å². The molecule has 0 saturated heterocycles. The van der Waals surface area contributed by atoms with Crippen LogP contribution >= 0.6 is 11.6 Å². The third-order valence-corrected chi connectivity index (χ3v) is 5.31. The number of nitrogens with one attached hydrogen (secondary N) is 2. The summed E-state index contributed by atoms with van der Waals surface area (Å²) in [6.07, 6.45) is 0.871. The third kappa shape index (κ3) is 4.47. The van der Waals surface area contributed by atoms with Crippen LogP contribution in [0.3, 0.4) is 0 Å². The molecule has 1 aromatic heterocycles. The van der Waals surface area contributed by atoms with Gasteiger partial charge in [0.15, 0.2) is 5.82 Å². The molecule has 0 spiro atoms. The van der Waals surface area contributed by atoms with Crippen molar-refractivity contribution in [3.05, 3.63) is 93.7 Å². The number of rotatable bonds is 7. The lowest BCUT2D eigenvalue weighted by Gasteiger charge is -2.17. The fourth-order valence-corrected chi connectivity index (χ4v) is 3.55. The van der Waals surface area contributed by atoms with Crippen LogP contribution in [0.25, 0.3) is 10.8 Å². The topological polar surface area (TPSA) is 67.0 Å². The van der Waals surface area contributed by atoms with Gasteiger partial charge < -0.3 is 10.1 Å². The molecule has 4 rings (SSSR count). The number of fused-ring (bicyclic) bond motifs is 1. The first kappa shape index (κ1) is 20.0. The lowest BCUT2D eigenvalue weighted by Crippen LogP contribution is -2.13. The van der Waals surface area contributed by atoms with Gasteiger partial charge in [-0.2, -0.15) is 5.10 Å². The fourth-order valence-electron chi connectivity index (χ4n) is 3.42. The Labute approximate surface area is 179 Å². The van der Waals surface area contributed by atoms with Crippen LogP contribution in [0.4, 0.5) is 5.82 Å². The van der Waals surface area contributed by atoms with Gasteiger partial charge in [-0.3, -0.25) is 4.79 Å². The van der Waals surface area contributed by atoms with E-state index in [-0.39, 0.29) is 11.5 Å². The van der Waals surface area contributed by atoms with Crippen molar-refractivity contribution in [2.45, 2.75) is 19.3 Å². The number of nitrogens with zero attached hydrogens (tertiary/aromatic N) is 1. The van der Waals surface area contributed by atoms with E-state index in [1.807, 2.05) is 60.7 Å². The summed E-state index contributed by atoms with van der Waals surface area (Å²) in [5.41, 5.74) is 0.950. The van der Waals surface area contributed by atoms with Crippen molar-refractivity contribution in [3.8, 4) is 11.5 Å². The molecule has 5 nitrogen and oxygen atoms in total. The maximum Gasteiger partial charge on any atom is 0.272 e. The molecule has 1 heterocycles. The number of aromatic nitrogens is 2. The Kier molecular flexibility index (Phi) is 6.00. The van der Waals surface area contributed by atoms with Crippen molar-refractivity contribution < 1.29 is 4.74 Å². The van der Waals surface area contributed by atoms with E-state index in [4.69, 9.17) is 16.3 Å². The normalized spacial score (nSPS) is 11.9. The molecule has 0 fully saturated rings. The Bertz CT molecular complexity index is 1200. The van der Waals surface area contributed by atoms with E-state index in [9.17, 15) is 4.79 Å². The molecule has 30 heavy (non-hydrogen) atoms. The number of benzene rings is 3. The Morgan fingerprint density at radius 3 is 2.50 bits per heavy atom. The number of hydrogen-bond acceptors (Lipinski definition) is 4. The van der Waals surface area contributed by atoms with E-state index in [0.717, 1.165) is 28.9 Å². The van der Waals surface area contributed by atoms with Crippen LogP contribution in [0.1, 0.15) is 24.8 Å². The molecule has 0 aliphatic heterocycles. The van der Waals surface area contributed by atoms with Gasteiger partial charge in [-0.25, -0.2) is 5.10 Å². The van der Waals surface area contributed by atoms with Crippen LogP contribution in [-0.4, -0.2) is 16.7 Å². The van der Waals surface area contributed by atoms with Gasteiger partial charge in [0.25, 0.3) is 5.56 Å². The number of anilines is 1. The maximum absolute atomic E-state index is 11.9. The van der Waals surface area contributed by atoms with Gasteiger partial charge >= 0.3 is 0 Å². The quantitative estimate of drug-likeness (QED) is 0.387. The van der Waals surface area contributed by atoms with Crippen LogP contribution < -0.4 is 15.6 Å². The molecule has 0 radical (unpaired) electrons. The van der Waals surface area contributed by atoms with Gasteiger partial charge in [-0.1, -0.05) is 54.9 Å². The Morgan fingerprint density at radius 2 is 1.70 bits per heavy atom. The van der Waals surface area contributed by atoms with Crippen molar-refractivity contribution >= 4 is 28.2 Å². The SMILES string of the molecule is CC(CCNc1n[nH]c(=O)c2ccccc12)c1ccccc1Oc1ccc(Cl)cc1. The van der Waals surface area contributed by atoms with Gasteiger partial charge in [0.2, 0.25) is 0 Å². The molecule has 1 atom stereocenters. The van der Waals surface area contributed by atoms with Gasteiger partial charge in [-0.05, 0) is 54.3 Å². The summed E-state index contributed by atoms with van der Waals surface area (Å²) in [5.74, 6) is 2.53. The smallest absolute Gasteiger partial charge is 0.272 e. The van der Waals surface area contributed by atoms with Gasteiger partial charge in [-0.15, -0.1) is 0 Å². The van der Waals surface area contributed by atoms with E-state index in [0.29, 0.717) is 22.8 Å². The second kappa shape index (κ2) is 9.01. The molecule has 0 bridgehead atoms. The van der Waals surface area contributed by atoms with E-state index in [1.54, 1.807) is 6.07 Å². The molecule has 0 aliphatic rings. The van der Waals surface area contributed by atoms with Crippen molar-refractivity contribution in [1.29, 1.82) is 0 Å². The molecule has 152 valence electrons. The minimum absolute atomic E-state index is 0.183. The lowest BCUT2D eigenvalue weighted by atomic mass is 9.97. The standard InChI is InChI=1S/C24H22ClN3O2/c1-16(14-15-26-23-20-7-2-3-8-21(20)24(29)28-27-23)19-6-4-5-9-22(19)30-18-12-10-17(25)11-13-18/h2-13,16H,14-15H2,1H3,(H,26,27)(H,28,29). The predicted molar refractivity (Wildman–Crippen MR) is 122 cm³/mol. The zero-order valence-corrected chi connectivity index (χ0v) is 17.3. The molecular formula is C24H22ClN3O2. The molecular weight excluding hydrogens is 398 g/mol. The maximum atomic E-state index is 11.9. The zero-order chi connectivity index (χ0) is 20.9. The second-order valence-corrected chi connectivity index (χ2v) is 7.59. The minimum atomic E-state index is -0.183. The van der Waals surface area contributed by atoms with Gasteiger partial charge in [0, 0.05) is 17.0 Å². The molecule has 1 unspecified atom stereocenters. The largest absolute Gasteiger partial charge is 0.457 e. The second-order valence-electron chi connectivity index (χ2n) is 7.16. The highest BCUT2D eigenvalue weighted by Gasteiger charge is 2.13. The number of halogens is 1. The first-order chi connectivity index (χ1) is 14.6. The fraction of sp³-hybridized carbons (Fsp3) is 0.167. The lowest BCUT2D eigenvalue weighted by molar-refractivity contribution is 0.470. The Morgan fingerprint density at radius 1 is 1.00 bits per heavy atom. The number of aromatic amines is 1. The summed E-state index contributed by atoms with van der Waals surface area (Å²) in [6.45, 7) is 2.88. The monoisotopic (exact) mass is 419 g/mol. The Hall–Kier alpha value is -3.31. The first-order valence-corrected chi connectivity index (χ1v) is 10.2.